The van der Waals surface area contributed by atoms with E-state index in [0.29, 0.717) is 5.54 Å². The van der Waals surface area contributed by atoms with Crippen LogP contribution in [-0.4, -0.2) is 36.7 Å². The molecule has 2 nitrogen and oxygen atoms in total. The molecule has 0 amide bonds. The average Bonchev–Trinajstić information content (AvgIpc) is 2.35. The minimum atomic E-state index is 0.459. The van der Waals surface area contributed by atoms with Gasteiger partial charge in [-0.25, -0.2) is 0 Å². The molecule has 1 spiro atoms. The maximum atomic E-state index is 5.94. The number of likely N-dealkylation sites (N-methyl/N-ethyl adjacent to an activating group) is 1. The van der Waals surface area contributed by atoms with Crippen molar-refractivity contribution in [1.29, 1.82) is 0 Å². The van der Waals surface area contributed by atoms with Crippen LogP contribution in [0.1, 0.15) is 39.0 Å². The molecule has 0 aromatic carbocycles. The van der Waals surface area contributed by atoms with Crippen molar-refractivity contribution in [2.75, 3.05) is 26.3 Å². The molecule has 0 aromatic rings. The minimum absolute atomic E-state index is 0.459. The molecular formula is C15H25NO. The molecule has 2 heteroatoms. The lowest BCUT2D eigenvalue weighted by atomic mass is 9.48. The summed E-state index contributed by atoms with van der Waals surface area (Å²) in [6, 6.07) is 0. The quantitative estimate of drug-likeness (QED) is 0.692. The zero-order valence-corrected chi connectivity index (χ0v) is 11.0. The van der Waals surface area contributed by atoms with Gasteiger partial charge in [0.15, 0.2) is 0 Å². The maximum absolute atomic E-state index is 5.94. The molecule has 96 valence electrons. The van der Waals surface area contributed by atoms with Crippen LogP contribution in [0.3, 0.4) is 0 Å². The highest BCUT2D eigenvalue weighted by Gasteiger charge is 2.60. The number of ether oxygens (including phenoxy) is 1. The molecular weight excluding hydrogens is 210 g/mol. The average molecular weight is 235 g/mol. The smallest absolute Gasteiger partial charge is 0.0656 e. The lowest BCUT2D eigenvalue weighted by Gasteiger charge is -2.65. The van der Waals surface area contributed by atoms with E-state index in [4.69, 9.17) is 4.74 Å². The fraction of sp³-hybridized carbons (Fsp3) is 1.00. The second-order valence-electron chi connectivity index (χ2n) is 6.93. The van der Waals surface area contributed by atoms with Crippen molar-refractivity contribution in [3.05, 3.63) is 0 Å². The SMILES string of the molecule is CCN1CCOCC12C1CC3CC(C1)CC2C3. The van der Waals surface area contributed by atoms with Crippen LogP contribution in [0.25, 0.3) is 0 Å². The number of rotatable bonds is 1. The summed E-state index contributed by atoms with van der Waals surface area (Å²) in [6.07, 6.45) is 7.58. The molecule has 0 N–H and O–H groups in total. The standard InChI is InChI=1S/C15H25NO/c1-2-16-3-4-17-10-15(16)13-6-11-5-12(8-13)9-14(15)7-11/h11-14H,2-10H2,1H3. The first-order valence-electron chi connectivity index (χ1n) is 7.65. The lowest BCUT2D eigenvalue weighted by molar-refractivity contribution is -0.191. The third kappa shape index (κ3) is 1.34. The van der Waals surface area contributed by atoms with Crippen molar-refractivity contribution in [2.45, 2.75) is 44.6 Å². The molecule has 17 heavy (non-hydrogen) atoms. The fourth-order valence-electron chi connectivity index (χ4n) is 5.91. The maximum Gasteiger partial charge on any atom is 0.0656 e. The first-order valence-corrected chi connectivity index (χ1v) is 7.65. The highest BCUT2D eigenvalue weighted by atomic mass is 16.5. The molecule has 1 saturated heterocycles. The van der Waals surface area contributed by atoms with Crippen LogP contribution in [-0.2, 0) is 4.74 Å². The van der Waals surface area contributed by atoms with E-state index in [1.807, 2.05) is 0 Å². The van der Waals surface area contributed by atoms with Gasteiger partial charge < -0.3 is 4.74 Å². The summed E-state index contributed by atoms with van der Waals surface area (Å²) in [5.74, 6) is 4.06. The predicted octanol–water partition coefficient (Wildman–Crippen LogP) is 2.53. The third-order valence-corrected chi connectivity index (χ3v) is 6.36. The zero-order valence-electron chi connectivity index (χ0n) is 11.0. The van der Waals surface area contributed by atoms with E-state index in [9.17, 15) is 0 Å². The Morgan fingerprint density at radius 2 is 1.71 bits per heavy atom. The van der Waals surface area contributed by atoms with E-state index >= 15 is 0 Å². The Morgan fingerprint density at radius 1 is 1.06 bits per heavy atom. The minimum Gasteiger partial charge on any atom is -0.378 e. The van der Waals surface area contributed by atoms with Crippen LogP contribution in [0.5, 0.6) is 0 Å². The van der Waals surface area contributed by atoms with Crippen LogP contribution in [0.4, 0.5) is 0 Å². The molecule has 0 atom stereocenters. The van der Waals surface area contributed by atoms with Gasteiger partial charge in [-0.2, -0.15) is 0 Å². The second-order valence-corrected chi connectivity index (χ2v) is 6.93. The highest BCUT2D eigenvalue weighted by Crippen LogP contribution is 2.60. The van der Waals surface area contributed by atoms with Crippen molar-refractivity contribution in [3.63, 3.8) is 0 Å². The molecule has 0 aromatic heterocycles. The molecule has 4 aliphatic carbocycles. The topological polar surface area (TPSA) is 12.5 Å². The Balaban J connectivity index is 1.71. The summed E-state index contributed by atoms with van der Waals surface area (Å²) >= 11 is 0. The van der Waals surface area contributed by atoms with Crippen LogP contribution in [0.2, 0.25) is 0 Å². The Bertz CT molecular complexity index is 286. The largest absolute Gasteiger partial charge is 0.378 e. The first-order chi connectivity index (χ1) is 8.33. The van der Waals surface area contributed by atoms with Crippen LogP contribution in [0.15, 0.2) is 0 Å². The van der Waals surface area contributed by atoms with Crippen molar-refractivity contribution in [2.24, 2.45) is 23.7 Å². The molecule has 1 heterocycles. The van der Waals surface area contributed by atoms with Crippen molar-refractivity contribution >= 4 is 0 Å². The monoisotopic (exact) mass is 235 g/mol. The summed E-state index contributed by atoms with van der Waals surface area (Å²) in [5.41, 5.74) is 0.459. The first kappa shape index (κ1) is 10.8. The molecule has 1 aliphatic heterocycles. The van der Waals surface area contributed by atoms with Crippen LogP contribution in [0, 0.1) is 23.7 Å². The van der Waals surface area contributed by atoms with Gasteiger partial charge >= 0.3 is 0 Å². The van der Waals surface area contributed by atoms with Gasteiger partial charge in [0.05, 0.1) is 13.2 Å². The van der Waals surface area contributed by atoms with E-state index in [1.165, 1.54) is 38.8 Å². The predicted molar refractivity (Wildman–Crippen MR) is 67.8 cm³/mol. The molecule has 5 fully saturated rings. The Hall–Kier alpha value is -0.0800. The third-order valence-electron chi connectivity index (χ3n) is 6.36. The number of nitrogens with zero attached hydrogens (tertiary/aromatic N) is 1. The summed E-state index contributed by atoms with van der Waals surface area (Å²) < 4.78 is 5.94. The van der Waals surface area contributed by atoms with Gasteiger partial charge in [-0.05, 0) is 62.3 Å². The molecule has 4 saturated carbocycles. The molecule has 0 unspecified atom stereocenters. The Morgan fingerprint density at radius 3 is 2.29 bits per heavy atom. The Kier molecular flexibility index (Phi) is 2.36. The van der Waals surface area contributed by atoms with E-state index in [1.54, 1.807) is 6.42 Å². The lowest BCUT2D eigenvalue weighted by Crippen LogP contribution is -2.70. The van der Waals surface area contributed by atoms with E-state index in [0.717, 1.165) is 36.9 Å². The van der Waals surface area contributed by atoms with Gasteiger partial charge in [-0.3, -0.25) is 4.90 Å². The highest BCUT2D eigenvalue weighted by molar-refractivity contribution is 5.12. The van der Waals surface area contributed by atoms with Gasteiger partial charge in [0, 0.05) is 12.1 Å². The molecule has 4 bridgehead atoms. The van der Waals surface area contributed by atoms with E-state index in [2.05, 4.69) is 11.8 Å². The number of hydrogen-bond acceptors (Lipinski definition) is 2. The number of morpholine rings is 1. The summed E-state index contributed by atoms with van der Waals surface area (Å²) in [4.78, 5) is 2.80. The fourth-order valence-corrected chi connectivity index (χ4v) is 5.91. The molecule has 5 aliphatic rings. The van der Waals surface area contributed by atoms with Gasteiger partial charge in [0.1, 0.15) is 0 Å². The van der Waals surface area contributed by atoms with Crippen LogP contribution >= 0.6 is 0 Å². The van der Waals surface area contributed by atoms with Gasteiger partial charge in [-0.1, -0.05) is 6.92 Å². The summed E-state index contributed by atoms with van der Waals surface area (Å²) in [6.45, 7) is 6.75. The van der Waals surface area contributed by atoms with Gasteiger partial charge in [0.25, 0.3) is 0 Å². The number of hydrogen-bond donors (Lipinski definition) is 0. The second kappa shape index (κ2) is 3.71. The van der Waals surface area contributed by atoms with Crippen molar-refractivity contribution in [1.82, 2.24) is 4.90 Å². The normalized spacial score (nSPS) is 53.5. The van der Waals surface area contributed by atoms with Gasteiger partial charge in [0.2, 0.25) is 0 Å². The van der Waals surface area contributed by atoms with Crippen molar-refractivity contribution in [3.8, 4) is 0 Å². The summed E-state index contributed by atoms with van der Waals surface area (Å²) in [5, 5.41) is 0. The van der Waals surface area contributed by atoms with E-state index in [-0.39, 0.29) is 0 Å². The van der Waals surface area contributed by atoms with Crippen molar-refractivity contribution < 1.29 is 4.74 Å². The van der Waals surface area contributed by atoms with Crippen LogP contribution < -0.4 is 0 Å². The Labute approximate surface area is 105 Å². The molecule has 5 rings (SSSR count). The van der Waals surface area contributed by atoms with E-state index < -0.39 is 0 Å². The van der Waals surface area contributed by atoms with Gasteiger partial charge in [-0.15, -0.1) is 0 Å². The molecule has 0 radical (unpaired) electrons. The zero-order chi connectivity index (χ0) is 11.5. The summed E-state index contributed by atoms with van der Waals surface area (Å²) in [7, 11) is 0.